The molecule has 0 N–H and O–H groups in total. The topological polar surface area (TPSA) is 49.3 Å². The first-order chi connectivity index (χ1) is 11.7. The number of carbonyl (C=O) groups excluding carboxylic acids is 1. The number of rotatable bonds is 2. The summed E-state index contributed by atoms with van der Waals surface area (Å²) in [5.41, 5.74) is 1.50. The third-order valence-corrected chi connectivity index (χ3v) is 5.62. The van der Waals surface area contributed by atoms with Crippen molar-refractivity contribution in [3.05, 3.63) is 40.5 Å². The SMILES string of the molecule is CSc1ncc2c(n1)N1CCCC1CN(c1cccc(Br)c1)C2=O. The Morgan fingerprint density at radius 1 is 1.38 bits per heavy atom. The van der Waals surface area contributed by atoms with Crippen LogP contribution in [0.1, 0.15) is 23.2 Å². The minimum atomic E-state index is -0.0230. The molecule has 1 unspecified atom stereocenters. The van der Waals surface area contributed by atoms with E-state index in [1.54, 1.807) is 6.20 Å². The molecule has 0 radical (unpaired) electrons. The quantitative estimate of drug-likeness (QED) is 0.565. The van der Waals surface area contributed by atoms with Crippen molar-refractivity contribution < 1.29 is 4.79 Å². The number of nitrogens with zero attached hydrogens (tertiary/aromatic N) is 4. The van der Waals surface area contributed by atoms with E-state index < -0.39 is 0 Å². The van der Waals surface area contributed by atoms with Crippen molar-refractivity contribution in [1.82, 2.24) is 9.97 Å². The first-order valence-electron chi connectivity index (χ1n) is 7.92. The van der Waals surface area contributed by atoms with Gasteiger partial charge in [0.15, 0.2) is 5.16 Å². The highest BCUT2D eigenvalue weighted by Crippen LogP contribution is 2.34. The Labute approximate surface area is 153 Å². The Balaban J connectivity index is 1.83. The van der Waals surface area contributed by atoms with Crippen LogP contribution in [0.5, 0.6) is 0 Å². The molecule has 7 heteroatoms. The molecule has 1 atom stereocenters. The van der Waals surface area contributed by atoms with E-state index in [0.29, 0.717) is 23.3 Å². The van der Waals surface area contributed by atoms with Crippen LogP contribution >= 0.6 is 27.7 Å². The molecular weight excluding hydrogens is 388 g/mol. The Morgan fingerprint density at radius 2 is 2.25 bits per heavy atom. The predicted molar refractivity (Wildman–Crippen MR) is 100.0 cm³/mol. The maximum atomic E-state index is 13.2. The van der Waals surface area contributed by atoms with Crippen LogP contribution in [0.25, 0.3) is 0 Å². The van der Waals surface area contributed by atoms with Crippen molar-refractivity contribution in [2.24, 2.45) is 0 Å². The Hall–Kier alpha value is -1.60. The molecule has 5 nitrogen and oxygen atoms in total. The van der Waals surface area contributed by atoms with Crippen LogP contribution in [0.15, 0.2) is 40.1 Å². The molecule has 0 aliphatic carbocycles. The summed E-state index contributed by atoms with van der Waals surface area (Å²) in [6.45, 7) is 1.63. The monoisotopic (exact) mass is 404 g/mol. The number of halogens is 1. The van der Waals surface area contributed by atoms with Gasteiger partial charge in [0.05, 0.1) is 0 Å². The number of hydrogen-bond acceptors (Lipinski definition) is 5. The molecule has 24 heavy (non-hydrogen) atoms. The molecule has 124 valence electrons. The van der Waals surface area contributed by atoms with E-state index >= 15 is 0 Å². The third-order valence-electron chi connectivity index (χ3n) is 4.57. The van der Waals surface area contributed by atoms with Crippen molar-refractivity contribution in [1.29, 1.82) is 0 Å². The van der Waals surface area contributed by atoms with Gasteiger partial charge in [0.25, 0.3) is 5.91 Å². The molecule has 1 aromatic heterocycles. The van der Waals surface area contributed by atoms with Crippen LogP contribution in [0.4, 0.5) is 11.5 Å². The summed E-state index contributed by atoms with van der Waals surface area (Å²) in [6.07, 6.45) is 5.84. The van der Waals surface area contributed by atoms with E-state index in [2.05, 4.69) is 30.8 Å². The second-order valence-corrected chi connectivity index (χ2v) is 7.67. The average Bonchev–Trinajstić information content (AvgIpc) is 3.02. The molecule has 0 bridgehead atoms. The molecule has 4 rings (SSSR count). The van der Waals surface area contributed by atoms with Crippen LogP contribution in [-0.2, 0) is 0 Å². The average molecular weight is 405 g/mol. The fourth-order valence-corrected chi connectivity index (χ4v) is 4.16. The molecule has 2 aliphatic heterocycles. The van der Waals surface area contributed by atoms with E-state index in [4.69, 9.17) is 0 Å². The highest BCUT2D eigenvalue weighted by atomic mass is 79.9. The van der Waals surface area contributed by atoms with Crippen LogP contribution in [0.3, 0.4) is 0 Å². The molecule has 3 heterocycles. The normalized spacial score (nSPS) is 19.9. The van der Waals surface area contributed by atoms with E-state index in [1.165, 1.54) is 11.8 Å². The second-order valence-electron chi connectivity index (χ2n) is 5.98. The molecular formula is C17H17BrN4OS. The van der Waals surface area contributed by atoms with Gasteiger partial charge in [-0.05, 0) is 37.3 Å². The second kappa shape index (κ2) is 6.37. The number of fused-ring (bicyclic) bond motifs is 3. The number of aromatic nitrogens is 2. The Bertz CT molecular complexity index is 800. The maximum Gasteiger partial charge on any atom is 0.263 e. The van der Waals surface area contributed by atoms with Crippen LogP contribution < -0.4 is 9.80 Å². The molecule has 0 spiro atoms. The van der Waals surface area contributed by atoms with E-state index in [1.807, 2.05) is 35.4 Å². The summed E-state index contributed by atoms with van der Waals surface area (Å²) in [5.74, 6) is 0.768. The smallest absolute Gasteiger partial charge is 0.263 e. The number of hydrogen-bond donors (Lipinski definition) is 0. The molecule has 1 fully saturated rings. The first-order valence-corrected chi connectivity index (χ1v) is 9.94. The molecule has 1 aromatic carbocycles. The molecule has 1 amide bonds. The molecule has 2 aliphatic rings. The zero-order valence-corrected chi connectivity index (χ0v) is 15.7. The number of thioether (sulfide) groups is 1. The summed E-state index contributed by atoms with van der Waals surface area (Å²) in [5, 5.41) is 0.711. The van der Waals surface area contributed by atoms with Gasteiger partial charge < -0.3 is 9.80 Å². The lowest BCUT2D eigenvalue weighted by Crippen LogP contribution is -2.39. The Kier molecular flexibility index (Phi) is 4.22. The fourth-order valence-electron chi connectivity index (χ4n) is 3.44. The van der Waals surface area contributed by atoms with E-state index in [-0.39, 0.29) is 5.91 Å². The zero-order valence-electron chi connectivity index (χ0n) is 13.3. The predicted octanol–water partition coefficient (Wildman–Crippen LogP) is 3.59. The van der Waals surface area contributed by atoms with Gasteiger partial charge in [0.1, 0.15) is 11.4 Å². The van der Waals surface area contributed by atoms with Gasteiger partial charge in [0, 0.05) is 35.5 Å². The van der Waals surface area contributed by atoms with Crippen molar-refractivity contribution in [2.45, 2.75) is 24.0 Å². The molecule has 0 saturated carbocycles. The van der Waals surface area contributed by atoms with Gasteiger partial charge in [0.2, 0.25) is 0 Å². The number of anilines is 2. The third kappa shape index (κ3) is 2.69. The van der Waals surface area contributed by atoms with Crippen LogP contribution in [-0.4, -0.2) is 41.3 Å². The van der Waals surface area contributed by atoms with E-state index in [9.17, 15) is 4.79 Å². The van der Waals surface area contributed by atoms with Crippen molar-refractivity contribution in [2.75, 3.05) is 29.1 Å². The first kappa shape index (κ1) is 15.9. The van der Waals surface area contributed by atoms with Crippen molar-refractivity contribution in [3.8, 4) is 0 Å². The highest BCUT2D eigenvalue weighted by Gasteiger charge is 2.37. The fraction of sp³-hybridized carbons (Fsp3) is 0.353. The number of carbonyl (C=O) groups is 1. The number of amides is 1. The summed E-state index contributed by atoms with van der Waals surface area (Å²) in [4.78, 5) is 26.3. The Morgan fingerprint density at radius 3 is 3.04 bits per heavy atom. The van der Waals surface area contributed by atoms with Crippen molar-refractivity contribution in [3.63, 3.8) is 0 Å². The number of benzene rings is 1. The van der Waals surface area contributed by atoms with E-state index in [0.717, 1.165) is 35.4 Å². The summed E-state index contributed by atoms with van der Waals surface area (Å²) in [6, 6.07) is 8.19. The summed E-state index contributed by atoms with van der Waals surface area (Å²) >= 11 is 5.00. The van der Waals surface area contributed by atoms with Gasteiger partial charge >= 0.3 is 0 Å². The van der Waals surface area contributed by atoms with Gasteiger partial charge in [-0.15, -0.1) is 0 Å². The minimum absolute atomic E-state index is 0.0230. The lowest BCUT2D eigenvalue weighted by Gasteiger charge is -2.27. The van der Waals surface area contributed by atoms with Crippen molar-refractivity contribution >= 4 is 45.1 Å². The minimum Gasteiger partial charge on any atom is -0.351 e. The van der Waals surface area contributed by atoms with Gasteiger partial charge in [-0.25, -0.2) is 9.97 Å². The summed E-state index contributed by atoms with van der Waals surface area (Å²) in [7, 11) is 0. The standard InChI is InChI=1S/C17H17BrN4OS/c1-24-17-19-9-14-15(20-17)21-7-3-6-13(21)10-22(16(14)23)12-5-2-4-11(18)8-12/h2,4-5,8-9,13H,3,6-7,10H2,1H3. The largest absolute Gasteiger partial charge is 0.351 e. The van der Waals surface area contributed by atoms with Gasteiger partial charge in [-0.1, -0.05) is 33.8 Å². The summed E-state index contributed by atoms with van der Waals surface area (Å²) < 4.78 is 0.967. The lowest BCUT2D eigenvalue weighted by atomic mass is 10.2. The lowest BCUT2D eigenvalue weighted by molar-refractivity contribution is 0.0988. The highest BCUT2D eigenvalue weighted by molar-refractivity contribution is 9.10. The van der Waals surface area contributed by atoms with Crippen LogP contribution in [0, 0.1) is 0 Å². The van der Waals surface area contributed by atoms with Crippen LogP contribution in [0.2, 0.25) is 0 Å². The zero-order chi connectivity index (χ0) is 16.7. The molecule has 1 saturated heterocycles. The molecule has 2 aromatic rings. The van der Waals surface area contributed by atoms with Gasteiger partial charge in [-0.2, -0.15) is 0 Å². The van der Waals surface area contributed by atoms with Gasteiger partial charge in [-0.3, -0.25) is 4.79 Å². The maximum absolute atomic E-state index is 13.2.